The third-order valence-electron chi connectivity index (χ3n) is 12.5. The fourth-order valence-corrected chi connectivity index (χ4v) is 8.79. The maximum absolute atomic E-state index is 15.3. The van der Waals surface area contributed by atoms with E-state index in [9.17, 15) is 15.0 Å². The molecule has 0 unspecified atom stereocenters. The number of nitrogens with one attached hydrogen (secondary N) is 1. The second-order valence-electron chi connectivity index (χ2n) is 16.5. The maximum Gasteiger partial charge on any atom is 0.240 e. The molecule has 9 atom stereocenters. The molecule has 3 N–H and O–H groups in total. The zero-order valence-electron chi connectivity index (χ0n) is 32.7. The Morgan fingerprint density at radius 3 is 2.36 bits per heavy atom. The molecule has 1 aliphatic heterocycles. The van der Waals surface area contributed by atoms with Gasteiger partial charge in [-0.25, -0.2) is 4.39 Å². The number of carbonyl (C=O) groups is 1. The largest absolute Gasteiger partial charge is 0.394 e. The van der Waals surface area contributed by atoms with Gasteiger partial charge in [0.25, 0.3) is 0 Å². The van der Waals surface area contributed by atoms with Crippen LogP contribution in [0.2, 0.25) is 5.02 Å². The molecule has 3 aromatic carbocycles. The lowest BCUT2D eigenvalue weighted by Gasteiger charge is -2.50. The molecule has 1 heterocycles. The molecule has 3 aromatic rings. The summed E-state index contributed by atoms with van der Waals surface area (Å²) in [7, 11) is 4.06. The Bertz CT molecular complexity index is 1640. The molecule has 1 aliphatic carbocycles. The van der Waals surface area contributed by atoms with Crippen molar-refractivity contribution >= 4 is 17.5 Å². The van der Waals surface area contributed by atoms with Crippen molar-refractivity contribution in [2.45, 2.75) is 97.9 Å². The second-order valence-corrected chi connectivity index (χ2v) is 16.9. The van der Waals surface area contributed by atoms with Gasteiger partial charge in [0, 0.05) is 48.2 Å². The lowest BCUT2D eigenvalue weighted by Crippen LogP contribution is -2.56. The van der Waals surface area contributed by atoms with Crippen LogP contribution in [0.25, 0.3) is 0 Å². The van der Waals surface area contributed by atoms with Gasteiger partial charge in [-0.15, -0.1) is 0 Å². The zero-order chi connectivity index (χ0) is 38.6. The third-order valence-corrected chi connectivity index (χ3v) is 12.8. The molecule has 5 rings (SSSR count). The quantitative estimate of drug-likeness (QED) is 0.162. The predicted molar refractivity (Wildman–Crippen MR) is 209 cm³/mol. The topological polar surface area (TPSA) is 88.5 Å². The van der Waals surface area contributed by atoms with Crippen molar-refractivity contribution in [2.24, 2.45) is 29.1 Å². The molecule has 1 saturated carbocycles. The molecule has 10 heteroatoms. The lowest BCUT2D eigenvalue weighted by molar-refractivity contribution is -0.182. The van der Waals surface area contributed by atoms with Gasteiger partial charge in [-0.05, 0) is 79.4 Å². The van der Waals surface area contributed by atoms with Crippen molar-refractivity contribution in [2.75, 3.05) is 27.2 Å². The van der Waals surface area contributed by atoms with E-state index in [4.69, 9.17) is 16.4 Å². The fraction of sp³-hybridized carbons (Fsp3) is 0.558. The molecular weight excluding hydrogens is 691 g/mol. The van der Waals surface area contributed by atoms with E-state index in [2.05, 4.69) is 74.0 Å². The van der Waals surface area contributed by atoms with Gasteiger partial charge in [-0.3, -0.25) is 14.5 Å². The van der Waals surface area contributed by atoms with Crippen LogP contribution < -0.4 is 5.32 Å². The van der Waals surface area contributed by atoms with Crippen LogP contribution in [-0.4, -0.2) is 82.5 Å². The first kappa shape index (κ1) is 41.3. The minimum Gasteiger partial charge on any atom is -0.394 e. The number of hydroxylamine groups is 2. The normalized spacial score (nSPS) is 27.2. The standard InChI is InChI=1S/C43H60ClFN4O4/c1-27-20-37(28(2)29(3)43(27,5)6)46-42(52)41-40(30(4)51)39(26-50)53-49(41)23-32-15-12-14-31(21-32)22-48(24-34-35(44)18-13-19-36(34)45)38(25-47(7)8)33-16-10-9-11-17-33/h9-19,21,27-30,37-41,50-51H,20,22-26H2,1-8H3,(H,46,52)/t27-,28+,29+,30+,37+,38-,39+,40-,41+/m1/s1. The highest BCUT2D eigenvalue weighted by molar-refractivity contribution is 6.31. The first-order valence-corrected chi connectivity index (χ1v) is 19.5. The van der Waals surface area contributed by atoms with Crippen molar-refractivity contribution < 1.29 is 24.2 Å². The summed E-state index contributed by atoms with van der Waals surface area (Å²) in [5, 5.41) is 26.7. The van der Waals surface area contributed by atoms with Gasteiger partial charge in [0.05, 0.1) is 19.3 Å². The molecule has 2 aliphatic rings. The van der Waals surface area contributed by atoms with Gasteiger partial charge in [-0.2, -0.15) is 5.06 Å². The Hall–Kier alpha value is -2.89. The number of halogens is 2. The number of rotatable bonds is 14. The molecule has 0 aromatic heterocycles. The van der Waals surface area contributed by atoms with E-state index in [0.29, 0.717) is 42.1 Å². The monoisotopic (exact) mass is 750 g/mol. The summed E-state index contributed by atoms with van der Waals surface area (Å²) >= 11 is 6.58. The van der Waals surface area contributed by atoms with Crippen LogP contribution in [0.15, 0.2) is 72.8 Å². The first-order valence-electron chi connectivity index (χ1n) is 19.1. The molecule has 53 heavy (non-hydrogen) atoms. The number of benzene rings is 3. The minimum atomic E-state index is -0.884. The third kappa shape index (κ3) is 9.50. The van der Waals surface area contributed by atoms with E-state index in [-0.39, 0.29) is 48.3 Å². The summed E-state index contributed by atoms with van der Waals surface area (Å²) < 4.78 is 15.3. The van der Waals surface area contributed by atoms with Crippen LogP contribution >= 0.6 is 11.6 Å². The van der Waals surface area contributed by atoms with E-state index in [1.165, 1.54) is 6.07 Å². The highest BCUT2D eigenvalue weighted by Crippen LogP contribution is 2.47. The molecule has 290 valence electrons. The van der Waals surface area contributed by atoms with Crippen molar-refractivity contribution in [3.05, 3.63) is 106 Å². The SMILES string of the molecule is C[C@@H]1[C@@H](NC(=O)[C@@H]2[C@H]([C@H](C)O)[C@H](CO)ON2Cc2cccc(CN(Cc3c(F)cccc3Cl)[C@H](CN(C)C)c3ccccc3)c2)C[C@@H](C)C(C)(C)[C@H]1C. The summed E-state index contributed by atoms with van der Waals surface area (Å²) in [5.41, 5.74) is 3.63. The number of amides is 1. The smallest absolute Gasteiger partial charge is 0.240 e. The Morgan fingerprint density at radius 1 is 1.04 bits per heavy atom. The number of hydrogen-bond donors (Lipinski definition) is 3. The van der Waals surface area contributed by atoms with Crippen molar-refractivity contribution in [3.63, 3.8) is 0 Å². The second kappa shape index (κ2) is 17.7. The van der Waals surface area contributed by atoms with Crippen LogP contribution in [0, 0.1) is 34.9 Å². The van der Waals surface area contributed by atoms with Gasteiger partial charge in [0.1, 0.15) is 18.0 Å². The van der Waals surface area contributed by atoms with Crippen molar-refractivity contribution in [3.8, 4) is 0 Å². The average Bonchev–Trinajstić information content (AvgIpc) is 3.49. The Balaban J connectivity index is 1.43. The van der Waals surface area contributed by atoms with E-state index in [0.717, 1.165) is 23.1 Å². The summed E-state index contributed by atoms with van der Waals surface area (Å²) in [5.74, 6) is -0.0616. The van der Waals surface area contributed by atoms with E-state index in [1.54, 1.807) is 24.1 Å². The molecule has 1 saturated heterocycles. The Morgan fingerprint density at radius 2 is 1.72 bits per heavy atom. The number of nitrogens with zero attached hydrogens (tertiary/aromatic N) is 3. The number of hydrogen-bond acceptors (Lipinski definition) is 7. The van der Waals surface area contributed by atoms with Crippen LogP contribution in [0.1, 0.15) is 76.3 Å². The van der Waals surface area contributed by atoms with Gasteiger partial charge < -0.3 is 20.4 Å². The number of carbonyl (C=O) groups excluding carboxylic acids is 1. The number of likely N-dealkylation sites (N-methyl/N-ethyl adjacent to an activating group) is 1. The van der Waals surface area contributed by atoms with Gasteiger partial charge >= 0.3 is 0 Å². The first-order chi connectivity index (χ1) is 25.1. The van der Waals surface area contributed by atoms with Crippen LogP contribution in [0.5, 0.6) is 0 Å². The Kier molecular flexibility index (Phi) is 13.8. The van der Waals surface area contributed by atoms with Gasteiger partial charge in [-0.1, -0.05) is 107 Å². The maximum atomic E-state index is 15.3. The predicted octanol–water partition coefficient (Wildman–Crippen LogP) is 7.08. The number of aliphatic hydroxyl groups is 2. The number of aliphatic hydroxyl groups excluding tert-OH is 2. The van der Waals surface area contributed by atoms with Crippen LogP contribution in [0.3, 0.4) is 0 Å². The summed E-state index contributed by atoms with van der Waals surface area (Å²) in [4.78, 5) is 24.9. The molecule has 1 amide bonds. The van der Waals surface area contributed by atoms with Crippen molar-refractivity contribution in [1.82, 2.24) is 20.2 Å². The molecule has 0 radical (unpaired) electrons. The van der Waals surface area contributed by atoms with Crippen LogP contribution in [-0.2, 0) is 29.3 Å². The molecule has 8 nitrogen and oxygen atoms in total. The minimum absolute atomic E-state index is 0.0119. The van der Waals surface area contributed by atoms with Crippen LogP contribution in [0.4, 0.5) is 4.39 Å². The zero-order valence-corrected chi connectivity index (χ0v) is 33.4. The summed E-state index contributed by atoms with van der Waals surface area (Å²) in [6, 6.07) is 22.3. The van der Waals surface area contributed by atoms with E-state index in [1.807, 2.05) is 44.4 Å². The van der Waals surface area contributed by atoms with Gasteiger partial charge in [0.15, 0.2) is 0 Å². The summed E-state index contributed by atoms with van der Waals surface area (Å²) in [6.45, 7) is 14.5. The highest BCUT2D eigenvalue weighted by atomic mass is 35.5. The Labute approximate surface area is 321 Å². The van der Waals surface area contributed by atoms with Gasteiger partial charge in [0.2, 0.25) is 5.91 Å². The lowest BCUT2D eigenvalue weighted by atomic mass is 9.58. The molecule has 0 bridgehead atoms. The highest BCUT2D eigenvalue weighted by Gasteiger charge is 2.51. The van der Waals surface area contributed by atoms with Crippen molar-refractivity contribution in [1.29, 1.82) is 0 Å². The van der Waals surface area contributed by atoms with E-state index >= 15 is 4.39 Å². The fourth-order valence-electron chi connectivity index (χ4n) is 8.56. The molecular formula is C43H60ClFN4O4. The summed E-state index contributed by atoms with van der Waals surface area (Å²) in [6.07, 6.45) is -0.743. The van der Waals surface area contributed by atoms with E-state index < -0.39 is 24.2 Å². The molecule has 0 spiro atoms. The molecule has 2 fully saturated rings. The average molecular weight is 751 g/mol.